The molecule has 0 bridgehead atoms. The molecule has 0 saturated heterocycles. The quantitative estimate of drug-likeness (QED) is 0.618. The lowest BCUT2D eigenvalue weighted by atomic mass is 10.3. The van der Waals surface area contributed by atoms with E-state index in [0.29, 0.717) is 0 Å². The summed E-state index contributed by atoms with van der Waals surface area (Å²) in [4.78, 5) is 10.2. The van der Waals surface area contributed by atoms with E-state index in [-0.39, 0.29) is 10.2 Å². The largest absolute Gasteiger partial charge is 0.468 e. The van der Waals surface area contributed by atoms with Crippen LogP contribution < -0.4 is 10.5 Å². The standard InChI is InChI=1S/C9H10BrFN2O4S/c1-17-9(14)4-13-18(15,16)8-3-7(12)5(10)2-6(8)11/h2-3,13H,4,12H2,1H3. The molecule has 3 N–H and O–H groups in total. The molecule has 6 nitrogen and oxygen atoms in total. The number of nitrogens with two attached hydrogens (primary N) is 1. The zero-order valence-corrected chi connectivity index (χ0v) is 11.6. The van der Waals surface area contributed by atoms with Crippen molar-refractivity contribution in [1.82, 2.24) is 4.72 Å². The first-order valence-corrected chi connectivity index (χ1v) is 6.86. The first-order valence-electron chi connectivity index (χ1n) is 4.59. The van der Waals surface area contributed by atoms with Crippen LogP contribution >= 0.6 is 15.9 Å². The molecule has 0 radical (unpaired) electrons. The number of halogens is 2. The van der Waals surface area contributed by atoms with Crippen LogP contribution in [0.5, 0.6) is 0 Å². The Hall–Kier alpha value is -1.19. The van der Waals surface area contributed by atoms with Gasteiger partial charge in [0.05, 0.1) is 7.11 Å². The molecule has 0 fully saturated rings. The number of esters is 1. The van der Waals surface area contributed by atoms with E-state index in [9.17, 15) is 17.6 Å². The monoisotopic (exact) mass is 340 g/mol. The highest BCUT2D eigenvalue weighted by atomic mass is 79.9. The number of ether oxygens (including phenoxy) is 1. The molecule has 0 aromatic heterocycles. The van der Waals surface area contributed by atoms with Crippen molar-refractivity contribution < 1.29 is 22.3 Å². The fourth-order valence-electron chi connectivity index (χ4n) is 1.05. The van der Waals surface area contributed by atoms with Crippen molar-refractivity contribution in [3.05, 3.63) is 22.4 Å². The maximum atomic E-state index is 13.5. The Balaban J connectivity index is 3.06. The summed E-state index contributed by atoms with van der Waals surface area (Å²) in [6, 6.07) is 1.89. The van der Waals surface area contributed by atoms with Gasteiger partial charge in [-0.05, 0) is 28.1 Å². The van der Waals surface area contributed by atoms with E-state index < -0.39 is 33.3 Å². The number of hydrogen-bond donors (Lipinski definition) is 2. The molecule has 0 aliphatic rings. The number of benzene rings is 1. The van der Waals surface area contributed by atoms with E-state index in [4.69, 9.17) is 5.73 Å². The maximum absolute atomic E-state index is 13.5. The lowest BCUT2D eigenvalue weighted by molar-refractivity contribution is -0.139. The fourth-order valence-corrected chi connectivity index (χ4v) is 2.43. The van der Waals surface area contributed by atoms with E-state index in [0.717, 1.165) is 19.2 Å². The van der Waals surface area contributed by atoms with Gasteiger partial charge >= 0.3 is 5.97 Å². The first kappa shape index (κ1) is 14.9. The predicted octanol–water partition coefficient (Wildman–Crippen LogP) is 0.622. The Bertz CT molecular complexity index is 576. The van der Waals surface area contributed by atoms with Crippen LogP contribution in [0.1, 0.15) is 0 Å². The molecule has 9 heteroatoms. The number of methoxy groups -OCH3 is 1. The highest BCUT2D eigenvalue weighted by Gasteiger charge is 2.21. The summed E-state index contributed by atoms with van der Waals surface area (Å²) >= 11 is 2.97. The van der Waals surface area contributed by atoms with Crippen LogP contribution in [0, 0.1) is 5.82 Å². The molecule has 18 heavy (non-hydrogen) atoms. The third-order valence-electron chi connectivity index (χ3n) is 1.97. The minimum Gasteiger partial charge on any atom is -0.468 e. The summed E-state index contributed by atoms with van der Waals surface area (Å²) in [6.45, 7) is -0.589. The number of nitrogens with one attached hydrogen (secondary N) is 1. The average Bonchev–Trinajstić information content (AvgIpc) is 2.30. The number of anilines is 1. The molecule has 0 atom stereocenters. The Morgan fingerprint density at radius 3 is 2.72 bits per heavy atom. The van der Waals surface area contributed by atoms with Gasteiger partial charge in [0.15, 0.2) is 0 Å². The van der Waals surface area contributed by atoms with Gasteiger partial charge in [0.2, 0.25) is 10.0 Å². The molecule has 0 unspecified atom stereocenters. The van der Waals surface area contributed by atoms with Crippen molar-refractivity contribution in [2.24, 2.45) is 0 Å². The van der Waals surface area contributed by atoms with Crippen molar-refractivity contribution in [3.8, 4) is 0 Å². The number of nitrogen functional groups attached to an aromatic ring is 1. The Labute approximate surface area is 111 Å². The zero-order valence-electron chi connectivity index (χ0n) is 9.24. The molecule has 0 spiro atoms. The van der Waals surface area contributed by atoms with Crippen LogP contribution in [-0.4, -0.2) is 28.0 Å². The van der Waals surface area contributed by atoms with E-state index >= 15 is 0 Å². The van der Waals surface area contributed by atoms with Gasteiger partial charge in [0.1, 0.15) is 17.3 Å². The number of rotatable bonds is 4. The second-order valence-corrected chi connectivity index (χ2v) is 5.79. The molecule has 0 saturated carbocycles. The second kappa shape index (κ2) is 5.63. The number of sulfonamides is 1. The predicted molar refractivity (Wildman–Crippen MR) is 65.7 cm³/mol. The molecule has 0 aliphatic heterocycles. The van der Waals surface area contributed by atoms with Gasteiger partial charge in [-0.2, -0.15) is 4.72 Å². The van der Waals surface area contributed by atoms with Gasteiger partial charge in [0, 0.05) is 10.2 Å². The van der Waals surface area contributed by atoms with Crippen molar-refractivity contribution in [3.63, 3.8) is 0 Å². The third-order valence-corrected chi connectivity index (χ3v) is 4.08. The summed E-state index contributed by atoms with van der Waals surface area (Å²) in [5, 5.41) is 0. The minimum absolute atomic E-state index is 0.0647. The maximum Gasteiger partial charge on any atom is 0.320 e. The Morgan fingerprint density at radius 2 is 2.17 bits per heavy atom. The SMILES string of the molecule is COC(=O)CNS(=O)(=O)c1cc(N)c(Br)cc1F. The summed E-state index contributed by atoms with van der Waals surface area (Å²) in [5.74, 6) is -1.77. The molecule has 0 heterocycles. The molecular weight excluding hydrogens is 331 g/mol. The number of hydrogen-bond acceptors (Lipinski definition) is 5. The molecule has 0 amide bonds. The lowest BCUT2D eigenvalue weighted by Gasteiger charge is -2.08. The van der Waals surface area contributed by atoms with Gasteiger partial charge in [-0.3, -0.25) is 4.79 Å². The molecule has 1 aromatic rings. The van der Waals surface area contributed by atoms with Crippen molar-refractivity contribution in [2.75, 3.05) is 19.4 Å². The van der Waals surface area contributed by atoms with Gasteiger partial charge in [-0.25, -0.2) is 12.8 Å². The minimum atomic E-state index is -4.16. The van der Waals surface area contributed by atoms with E-state index in [1.807, 2.05) is 4.72 Å². The van der Waals surface area contributed by atoms with Crippen LogP contribution in [0.4, 0.5) is 10.1 Å². The second-order valence-electron chi connectivity index (χ2n) is 3.20. The van der Waals surface area contributed by atoms with E-state index in [1.165, 1.54) is 0 Å². The highest BCUT2D eigenvalue weighted by Crippen LogP contribution is 2.25. The van der Waals surface area contributed by atoms with Crippen LogP contribution in [-0.2, 0) is 19.6 Å². The molecule has 1 rings (SSSR count). The molecular formula is C9H10BrFN2O4S. The highest BCUT2D eigenvalue weighted by molar-refractivity contribution is 9.10. The smallest absolute Gasteiger partial charge is 0.320 e. The van der Waals surface area contributed by atoms with E-state index in [1.54, 1.807) is 0 Å². The van der Waals surface area contributed by atoms with Gasteiger partial charge in [-0.15, -0.1) is 0 Å². The molecule has 0 aliphatic carbocycles. The van der Waals surface area contributed by atoms with Crippen LogP contribution in [0.15, 0.2) is 21.5 Å². The van der Waals surface area contributed by atoms with Gasteiger partial charge < -0.3 is 10.5 Å². The van der Waals surface area contributed by atoms with Crippen molar-refractivity contribution >= 4 is 37.6 Å². The molecule has 1 aromatic carbocycles. The first-order chi connectivity index (χ1) is 8.27. The zero-order chi connectivity index (χ0) is 13.9. The van der Waals surface area contributed by atoms with Crippen molar-refractivity contribution in [1.29, 1.82) is 0 Å². The van der Waals surface area contributed by atoms with Crippen LogP contribution in [0.25, 0.3) is 0 Å². The normalized spacial score (nSPS) is 11.3. The van der Waals surface area contributed by atoms with E-state index in [2.05, 4.69) is 20.7 Å². The average molecular weight is 341 g/mol. The topological polar surface area (TPSA) is 98.5 Å². The lowest BCUT2D eigenvalue weighted by Crippen LogP contribution is -2.30. The Morgan fingerprint density at radius 1 is 1.56 bits per heavy atom. The Kier molecular flexibility index (Phi) is 4.65. The summed E-state index contributed by atoms with van der Waals surface area (Å²) in [5.41, 5.74) is 5.54. The van der Waals surface area contributed by atoms with Crippen LogP contribution in [0.2, 0.25) is 0 Å². The third kappa shape index (κ3) is 3.40. The fraction of sp³-hybridized carbons (Fsp3) is 0.222. The summed E-state index contributed by atoms with van der Waals surface area (Å²) in [6.07, 6.45) is 0. The van der Waals surface area contributed by atoms with Crippen molar-refractivity contribution in [2.45, 2.75) is 4.90 Å². The summed E-state index contributed by atoms with van der Waals surface area (Å²) < 4.78 is 43.3. The number of carbonyl (C=O) groups is 1. The van der Waals surface area contributed by atoms with Gasteiger partial charge in [-0.1, -0.05) is 0 Å². The van der Waals surface area contributed by atoms with Crippen LogP contribution in [0.3, 0.4) is 0 Å². The van der Waals surface area contributed by atoms with Gasteiger partial charge in [0.25, 0.3) is 0 Å². The number of carbonyl (C=O) groups excluding carboxylic acids is 1. The summed E-state index contributed by atoms with van der Waals surface area (Å²) in [7, 11) is -3.06. The molecule has 100 valence electrons.